The van der Waals surface area contributed by atoms with E-state index in [1.165, 1.54) is 0 Å². The van der Waals surface area contributed by atoms with Gasteiger partial charge in [0.1, 0.15) is 5.75 Å². The average Bonchev–Trinajstić information content (AvgIpc) is 2.81. The Kier molecular flexibility index (Phi) is 4.47. The standard InChI is InChI=1S/C20H19NO3/c1-3-24-15-4-5-16-17(10-14-6-8-21-9-7-14)13(2)18(12-20(22)23)19(16)11-15/h4-11H,3,12H2,1-2H3,(H,22,23)/b17-10-. The second-order valence-corrected chi connectivity index (χ2v) is 5.65. The molecular weight excluding hydrogens is 302 g/mol. The van der Waals surface area contributed by atoms with Crippen molar-refractivity contribution in [2.45, 2.75) is 20.3 Å². The topological polar surface area (TPSA) is 59.4 Å². The second kappa shape index (κ2) is 6.71. The molecule has 1 N–H and O–H groups in total. The van der Waals surface area contributed by atoms with Crippen molar-refractivity contribution in [2.75, 3.05) is 6.61 Å². The van der Waals surface area contributed by atoms with E-state index >= 15 is 0 Å². The average molecular weight is 321 g/mol. The molecule has 0 saturated carbocycles. The van der Waals surface area contributed by atoms with Gasteiger partial charge in [0.15, 0.2) is 0 Å². The minimum atomic E-state index is -0.831. The lowest BCUT2D eigenvalue weighted by Gasteiger charge is -2.08. The van der Waals surface area contributed by atoms with Crippen LogP contribution in [0.15, 0.2) is 48.3 Å². The molecule has 0 spiro atoms. The van der Waals surface area contributed by atoms with Crippen LogP contribution < -0.4 is 4.74 Å². The number of aliphatic carboxylic acids is 1. The molecule has 3 rings (SSSR count). The van der Waals surface area contributed by atoms with Crippen molar-refractivity contribution in [3.8, 4) is 5.75 Å². The first-order valence-corrected chi connectivity index (χ1v) is 7.91. The lowest BCUT2D eigenvalue weighted by Crippen LogP contribution is -1.98. The van der Waals surface area contributed by atoms with E-state index in [4.69, 9.17) is 4.74 Å². The van der Waals surface area contributed by atoms with Gasteiger partial charge in [-0.25, -0.2) is 0 Å². The summed E-state index contributed by atoms with van der Waals surface area (Å²) in [5.74, 6) is -0.0700. The van der Waals surface area contributed by atoms with Crippen molar-refractivity contribution in [2.24, 2.45) is 0 Å². The minimum absolute atomic E-state index is 0.00208. The number of hydrogen-bond acceptors (Lipinski definition) is 3. The highest BCUT2D eigenvalue weighted by molar-refractivity contribution is 6.07. The van der Waals surface area contributed by atoms with Crippen LogP contribution >= 0.6 is 0 Å². The van der Waals surface area contributed by atoms with Crippen molar-refractivity contribution >= 4 is 23.2 Å². The number of rotatable bonds is 5. The van der Waals surface area contributed by atoms with Gasteiger partial charge in [0, 0.05) is 12.4 Å². The van der Waals surface area contributed by atoms with E-state index in [0.717, 1.165) is 39.2 Å². The number of allylic oxidation sites excluding steroid dienone is 2. The molecule has 1 aliphatic rings. The molecule has 0 aliphatic heterocycles. The fourth-order valence-electron chi connectivity index (χ4n) is 3.02. The fourth-order valence-corrected chi connectivity index (χ4v) is 3.02. The van der Waals surface area contributed by atoms with Crippen molar-refractivity contribution in [3.63, 3.8) is 0 Å². The second-order valence-electron chi connectivity index (χ2n) is 5.65. The van der Waals surface area contributed by atoms with Crippen LogP contribution in [0, 0.1) is 0 Å². The van der Waals surface area contributed by atoms with Gasteiger partial charge >= 0.3 is 5.97 Å². The Morgan fingerprint density at radius 1 is 1.21 bits per heavy atom. The predicted octanol–water partition coefficient (Wildman–Crippen LogP) is 4.28. The quantitative estimate of drug-likeness (QED) is 0.893. The Labute approximate surface area is 141 Å². The van der Waals surface area contributed by atoms with E-state index in [0.29, 0.717) is 6.61 Å². The summed E-state index contributed by atoms with van der Waals surface area (Å²) in [6.07, 6.45) is 5.57. The van der Waals surface area contributed by atoms with Gasteiger partial charge in [-0.15, -0.1) is 0 Å². The zero-order valence-electron chi connectivity index (χ0n) is 13.7. The zero-order chi connectivity index (χ0) is 17.1. The van der Waals surface area contributed by atoms with Crippen LogP contribution in [0.2, 0.25) is 0 Å². The van der Waals surface area contributed by atoms with Gasteiger partial charge in [-0.2, -0.15) is 0 Å². The number of hydrogen-bond donors (Lipinski definition) is 1. The predicted molar refractivity (Wildman–Crippen MR) is 94.6 cm³/mol. The Bertz CT molecular complexity index is 835. The molecule has 4 nitrogen and oxygen atoms in total. The maximum atomic E-state index is 11.3. The molecule has 0 atom stereocenters. The van der Waals surface area contributed by atoms with E-state index in [-0.39, 0.29) is 6.42 Å². The number of ether oxygens (including phenoxy) is 1. The van der Waals surface area contributed by atoms with Gasteiger partial charge in [-0.1, -0.05) is 6.07 Å². The smallest absolute Gasteiger partial charge is 0.307 e. The van der Waals surface area contributed by atoms with Crippen molar-refractivity contribution in [1.29, 1.82) is 0 Å². The summed E-state index contributed by atoms with van der Waals surface area (Å²) in [7, 11) is 0. The molecule has 2 aromatic rings. The third-order valence-electron chi connectivity index (χ3n) is 4.12. The van der Waals surface area contributed by atoms with Gasteiger partial charge in [0.2, 0.25) is 0 Å². The molecule has 122 valence electrons. The number of carboxylic acids is 1. The first-order valence-electron chi connectivity index (χ1n) is 7.91. The van der Waals surface area contributed by atoms with Crippen molar-refractivity contribution in [1.82, 2.24) is 4.98 Å². The van der Waals surface area contributed by atoms with Crippen molar-refractivity contribution in [3.05, 3.63) is 65.0 Å². The molecule has 1 aromatic carbocycles. The van der Waals surface area contributed by atoms with E-state index in [9.17, 15) is 9.90 Å². The third kappa shape index (κ3) is 3.08. The third-order valence-corrected chi connectivity index (χ3v) is 4.12. The summed E-state index contributed by atoms with van der Waals surface area (Å²) in [5, 5.41) is 9.27. The van der Waals surface area contributed by atoms with Crippen molar-refractivity contribution < 1.29 is 14.6 Å². The lowest BCUT2D eigenvalue weighted by atomic mass is 10.0. The van der Waals surface area contributed by atoms with Crippen LogP contribution in [0.5, 0.6) is 5.75 Å². The number of aromatic nitrogens is 1. The summed E-state index contributed by atoms with van der Waals surface area (Å²) < 4.78 is 5.58. The van der Waals surface area contributed by atoms with Gasteiger partial charge in [-0.05, 0) is 77.6 Å². The largest absolute Gasteiger partial charge is 0.494 e. The highest BCUT2D eigenvalue weighted by Gasteiger charge is 2.25. The number of carboxylic acid groups (broad SMARTS) is 1. The fraction of sp³-hybridized carbons (Fsp3) is 0.200. The van der Waals surface area contributed by atoms with E-state index in [1.807, 2.05) is 44.2 Å². The molecule has 0 bridgehead atoms. The molecule has 0 saturated heterocycles. The maximum absolute atomic E-state index is 11.3. The van der Waals surface area contributed by atoms with Crippen LogP contribution in [0.3, 0.4) is 0 Å². The van der Waals surface area contributed by atoms with Crippen LogP contribution in [-0.4, -0.2) is 22.7 Å². The SMILES string of the molecule is CCOc1ccc2c(c1)C(CC(=O)O)=C(C)/C2=C/c1ccncc1. The minimum Gasteiger partial charge on any atom is -0.494 e. The number of fused-ring (bicyclic) bond motifs is 1. The van der Waals surface area contributed by atoms with Gasteiger partial charge in [0.05, 0.1) is 13.0 Å². The zero-order valence-corrected chi connectivity index (χ0v) is 13.7. The highest BCUT2D eigenvalue weighted by atomic mass is 16.5. The highest BCUT2D eigenvalue weighted by Crippen LogP contribution is 2.44. The first kappa shape index (κ1) is 16.0. The molecular formula is C20H19NO3. The summed E-state index contributed by atoms with van der Waals surface area (Å²) in [5.41, 5.74) is 5.92. The molecule has 0 amide bonds. The molecule has 0 radical (unpaired) electrons. The number of benzene rings is 1. The van der Waals surface area contributed by atoms with Gasteiger partial charge < -0.3 is 9.84 Å². The van der Waals surface area contributed by atoms with Crippen LogP contribution in [0.4, 0.5) is 0 Å². The summed E-state index contributed by atoms with van der Waals surface area (Å²) in [6, 6.07) is 9.74. The Morgan fingerprint density at radius 3 is 2.62 bits per heavy atom. The van der Waals surface area contributed by atoms with E-state index in [1.54, 1.807) is 12.4 Å². The maximum Gasteiger partial charge on any atom is 0.307 e. The van der Waals surface area contributed by atoms with Gasteiger partial charge in [-0.3, -0.25) is 9.78 Å². The van der Waals surface area contributed by atoms with E-state index < -0.39 is 5.97 Å². The molecule has 1 aromatic heterocycles. The van der Waals surface area contributed by atoms with E-state index in [2.05, 4.69) is 11.1 Å². The number of pyridine rings is 1. The lowest BCUT2D eigenvalue weighted by molar-refractivity contribution is -0.135. The number of nitrogens with zero attached hydrogens (tertiary/aromatic N) is 1. The van der Waals surface area contributed by atoms with Crippen LogP contribution in [-0.2, 0) is 4.79 Å². The Hall–Kier alpha value is -2.88. The summed E-state index contributed by atoms with van der Waals surface area (Å²) in [6.45, 7) is 4.49. The Balaban J connectivity index is 2.13. The first-order chi connectivity index (χ1) is 11.6. The molecule has 24 heavy (non-hydrogen) atoms. The monoisotopic (exact) mass is 321 g/mol. The van der Waals surface area contributed by atoms with Gasteiger partial charge in [0.25, 0.3) is 0 Å². The molecule has 0 fully saturated rings. The normalized spacial score (nSPS) is 14.8. The number of carbonyl (C=O) groups is 1. The summed E-state index contributed by atoms with van der Waals surface area (Å²) in [4.78, 5) is 15.3. The Morgan fingerprint density at radius 2 is 1.96 bits per heavy atom. The molecule has 1 aliphatic carbocycles. The summed E-state index contributed by atoms with van der Waals surface area (Å²) >= 11 is 0. The molecule has 1 heterocycles. The van der Waals surface area contributed by atoms with Crippen LogP contribution in [0.25, 0.3) is 17.2 Å². The molecule has 4 heteroatoms. The molecule has 0 unspecified atom stereocenters. The van der Waals surface area contributed by atoms with Crippen LogP contribution in [0.1, 0.15) is 37.0 Å².